The first-order chi connectivity index (χ1) is 8.22. The zero-order chi connectivity index (χ0) is 12.3. The van der Waals surface area contributed by atoms with E-state index < -0.39 is 0 Å². The Hall–Kier alpha value is -1.26. The zero-order valence-corrected chi connectivity index (χ0v) is 11.0. The minimum atomic E-state index is 0.0477. The van der Waals surface area contributed by atoms with E-state index in [0.717, 1.165) is 29.2 Å². The van der Waals surface area contributed by atoms with E-state index in [9.17, 15) is 0 Å². The van der Waals surface area contributed by atoms with Crippen molar-refractivity contribution in [1.82, 2.24) is 9.97 Å². The van der Waals surface area contributed by atoms with Crippen molar-refractivity contribution in [3.63, 3.8) is 0 Å². The molecule has 17 heavy (non-hydrogen) atoms. The van der Waals surface area contributed by atoms with Crippen molar-refractivity contribution in [2.24, 2.45) is 5.73 Å². The van der Waals surface area contributed by atoms with Gasteiger partial charge in [0, 0.05) is 17.1 Å². The third-order valence-electron chi connectivity index (χ3n) is 2.51. The standard InChI is InChI=1S/C13H17N3S/c1-3-6-10-12(9(2)14)17-13(16-10)11-7-4-5-8-15-11/h4-5,7-9H,3,6,14H2,1-2H3. The van der Waals surface area contributed by atoms with Crippen molar-refractivity contribution in [2.75, 3.05) is 0 Å². The summed E-state index contributed by atoms with van der Waals surface area (Å²) in [5.41, 5.74) is 8.05. The van der Waals surface area contributed by atoms with Gasteiger partial charge in [-0.25, -0.2) is 4.98 Å². The van der Waals surface area contributed by atoms with Gasteiger partial charge in [0.2, 0.25) is 0 Å². The molecule has 0 aliphatic rings. The van der Waals surface area contributed by atoms with Gasteiger partial charge >= 0.3 is 0 Å². The number of pyridine rings is 1. The SMILES string of the molecule is CCCc1nc(-c2ccccn2)sc1C(C)N. The van der Waals surface area contributed by atoms with Gasteiger partial charge in [-0.3, -0.25) is 4.98 Å². The summed E-state index contributed by atoms with van der Waals surface area (Å²) >= 11 is 1.66. The largest absolute Gasteiger partial charge is 0.323 e. The van der Waals surface area contributed by atoms with E-state index in [4.69, 9.17) is 5.73 Å². The van der Waals surface area contributed by atoms with Crippen molar-refractivity contribution >= 4 is 11.3 Å². The van der Waals surface area contributed by atoms with Gasteiger partial charge < -0.3 is 5.73 Å². The predicted molar refractivity (Wildman–Crippen MR) is 71.9 cm³/mol. The average Bonchev–Trinajstić information content (AvgIpc) is 2.75. The van der Waals surface area contributed by atoms with Gasteiger partial charge in [0.1, 0.15) is 5.01 Å². The van der Waals surface area contributed by atoms with E-state index in [-0.39, 0.29) is 6.04 Å². The predicted octanol–water partition coefficient (Wildman–Crippen LogP) is 3.18. The van der Waals surface area contributed by atoms with Crippen LogP contribution in [0.3, 0.4) is 0 Å². The first-order valence-electron chi connectivity index (χ1n) is 5.89. The number of hydrogen-bond acceptors (Lipinski definition) is 4. The van der Waals surface area contributed by atoms with E-state index in [2.05, 4.69) is 16.9 Å². The molecule has 2 rings (SSSR count). The normalized spacial score (nSPS) is 12.6. The molecule has 0 aromatic carbocycles. The molecule has 90 valence electrons. The maximum absolute atomic E-state index is 5.99. The first-order valence-corrected chi connectivity index (χ1v) is 6.70. The van der Waals surface area contributed by atoms with Crippen LogP contribution in [-0.2, 0) is 6.42 Å². The van der Waals surface area contributed by atoms with Gasteiger partial charge in [0.15, 0.2) is 0 Å². The molecule has 2 aromatic rings. The summed E-state index contributed by atoms with van der Waals surface area (Å²) in [6, 6.07) is 5.93. The maximum atomic E-state index is 5.99. The van der Waals surface area contributed by atoms with Crippen LogP contribution in [0, 0.1) is 0 Å². The number of aromatic nitrogens is 2. The fourth-order valence-corrected chi connectivity index (χ4v) is 2.77. The smallest absolute Gasteiger partial charge is 0.142 e. The third-order valence-corrected chi connectivity index (χ3v) is 3.83. The average molecular weight is 247 g/mol. The number of nitrogens with zero attached hydrogens (tertiary/aromatic N) is 2. The molecule has 0 bridgehead atoms. The van der Waals surface area contributed by atoms with Crippen LogP contribution >= 0.6 is 11.3 Å². The number of thiazole rings is 1. The Balaban J connectivity index is 2.40. The molecule has 2 N–H and O–H groups in total. The summed E-state index contributed by atoms with van der Waals surface area (Å²) in [6.07, 6.45) is 3.87. The van der Waals surface area contributed by atoms with E-state index in [1.165, 1.54) is 4.88 Å². The quantitative estimate of drug-likeness (QED) is 0.902. The Labute approximate surface area is 106 Å². The maximum Gasteiger partial charge on any atom is 0.142 e. The molecular weight excluding hydrogens is 230 g/mol. The van der Waals surface area contributed by atoms with E-state index in [1.807, 2.05) is 25.1 Å². The number of rotatable bonds is 4. The van der Waals surface area contributed by atoms with E-state index in [1.54, 1.807) is 17.5 Å². The lowest BCUT2D eigenvalue weighted by atomic mass is 10.2. The molecule has 1 atom stereocenters. The molecule has 2 aromatic heterocycles. The first kappa shape index (κ1) is 12.2. The highest BCUT2D eigenvalue weighted by atomic mass is 32.1. The Morgan fingerprint density at radius 2 is 2.24 bits per heavy atom. The summed E-state index contributed by atoms with van der Waals surface area (Å²) in [5.74, 6) is 0. The molecule has 4 heteroatoms. The fraction of sp³-hybridized carbons (Fsp3) is 0.385. The molecule has 0 aliphatic carbocycles. The molecule has 0 fully saturated rings. The van der Waals surface area contributed by atoms with Gasteiger partial charge in [0.25, 0.3) is 0 Å². The minimum Gasteiger partial charge on any atom is -0.323 e. The number of nitrogens with two attached hydrogens (primary N) is 1. The lowest BCUT2D eigenvalue weighted by Crippen LogP contribution is -2.05. The van der Waals surface area contributed by atoms with Crippen LogP contribution in [0.5, 0.6) is 0 Å². The number of hydrogen-bond donors (Lipinski definition) is 1. The topological polar surface area (TPSA) is 51.8 Å². The van der Waals surface area contributed by atoms with E-state index in [0.29, 0.717) is 0 Å². The molecule has 0 spiro atoms. The van der Waals surface area contributed by atoms with Crippen molar-refractivity contribution in [2.45, 2.75) is 32.7 Å². The Kier molecular flexibility index (Phi) is 3.86. The van der Waals surface area contributed by atoms with Crippen molar-refractivity contribution in [3.8, 4) is 10.7 Å². The summed E-state index contributed by atoms with van der Waals surface area (Å²) in [6.45, 7) is 4.17. The molecule has 1 unspecified atom stereocenters. The Bertz CT molecular complexity index is 477. The number of aryl methyl sites for hydroxylation is 1. The molecule has 0 amide bonds. The lowest BCUT2D eigenvalue weighted by molar-refractivity contribution is 0.793. The van der Waals surface area contributed by atoms with Crippen LogP contribution in [0.4, 0.5) is 0 Å². The van der Waals surface area contributed by atoms with Gasteiger partial charge in [-0.05, 0) is 25.5 Å². The highest BCUT2D eigenvalue weighted by molar-refractivity contribution is 7.15. The van der Waals surface area contributed by atoms with Crippen LogP contribution < -0.4 is 5.73 Å². The zero-order valence-electron chi connectivity index (χ0n) is 10.2. The molecule has 2 heterocycles. The molecule has 0 saturated heterocycles. The van der Waals surface area contributed by atoms with Gasteiger partial charge in [-0.15, -0.1) is 11.3 Å². The Morgan fingerprint density at radius 3 is 2.82 bits per heavy atom. The van der Waals surface area contributed by atoms with Crippen LogP contribution in [0.25, 0.3) is 10.7 Å². The highest BCUT2D eigenvalue weighted by Crippen LogP contribution is 2.30. The summed E-state index contributed by atoms with van der Waals surface area (Å²) in [7, 11) is 0. The minimum absolute atomic E-state index is 0.0477. The Morgan fingerprint density at radius 1 is 1.41 bits per heavy atom. The summed E-state index contributed by atoms with van der Waals surface area (Å²) in [4.78, 5) is 10.2. The van der Waals surface area contributed by atoms with Crippen LogP contribution in [0.1, 0.15) is 36.9 Å². The molecule has 0 radical (unpaired) electrons. The summed E-state index contributed by atoms with van der Waals surface area (Å²) in [5, 5.41) is 0.973. The van der Waals surface area contributed by atoms with Crippen molar-refractivity contribution < 1.29 is 0 Å². The second kappa shape index (κ2) is 5.38. The van der Waals surface area contributed by atoms with E-state index >= 15 is 0 Å². The van der Waals surface area contributed by atoms with Crippen molar-refractivity contribution in [1.29, 1.82) is 0 Å². The van der Waals surface area contributed by atoms with Gasteiger partial charge in [-0.1, -0.05) is 19.4 Å². The molecule has 3 nitrogen and oxygen atoms in total. The third kappa shape index (κ3) is 2.70. The van der Waals surface area contributed by atoms with Crippen LogP contribution in [0.15, 0.2) is 24.4 Å². The second-order valence-corrected chi connectivity index (χ2v) is 5.11. The van der Waals surface area contributed by atoms with Gasteiger partial charge in [-0.2, -0.15) is 0 Å². The fourth-order valence-electron chi connectivity index (χ4n) is 1.73. The molecule has 0 saturated carbocycles. The van der Waals surface area contributed by atoms with Crippen LogP contribution in [-0.4, -0.2) is 9.97 Å². The molecule has 0 aliphatic heterocycles. The van der Waals surface area contributed by atoms with Crippen molar-refractivity contribution in [3.05, 3.63) is 35.0 Å². The lowest BCUT2D eigenvalue weighted by Gasteiger charge is -2.03. The van der Waals surface area contributed by atoms with Crippen LogP contribution in [0.2, 0.25) is 0 Å². The summed E-state index contributed by atoms with van der Waals surface area (Å²) < 4.78 is 0. The monoisotopic (exact) mass is 247 g/mol. The molecular formula is C13H17N3S. The second-order valence-electron chi connectivity index (χ2n) is 4.08. The highest BCUT2D eigenvalue weighted by Gasteiger charge is 2.15. The van der Waals surface area contributed by atoms with Gasteiger partial charge in [0.05, 0.1) is 11.4 Å².